The average molecular weight is 430 g/mol. The van der Waals surface area contributed by atoms with Crippen LogP contribution in [0, 0.1) is 5.82 Å². The molecule has 0 saturated carbocycles. The third-order valence-corrected chi connectivity index (χ3v) is 5.26. The number of halogens is 2. The van der Waals surface area contributed by atoms with Crippen LogP contribution in [0.25, 0.3) is 0 Å². The Morgan fingerprint density at radius 1 is 1.17 bits per heavy atom. The van der Waals surface area contributed by atoms with E-state index in [4.69, 9.17) is 11.6 Å². The number of carbonyl (C=O) groups is 3. The maximum atomic E-state index is 13.4. The van der Waals surface area contributed by atoms with E-state index in [-0.39, 0.29) is 17.3 Å². The Bertz CT molecular complexity index is 1060. The molecule has 8 nitrogen and oxygen atoms in total. The summed E-state index contributed by atoms with van der Waals surface area (Å²) in [5.41, 5.74) is 1.89. The van der Waals surface area contributed by atoms with Gasteiger partial charge < -0.3 is 5.32 Å². The average Bonchev–Trinajstić information content (AvgIpc) is 3.24. The molecule has 2 heterocycles. The summed E-state index contributed by atoms with van der Waals surface area (Å²) in [4.78, 5) is 38.9. The van der Waals surface area contributed by atoms with Gasteiger partial charge in [0.1, 0.15) is 12.4 Å². The number of amides is 3. The maximum Gasteiger partial charge on any atom is 0.263 e. The lowest BCUT2D eigenvalue weighted by molar-refractivity contribution is -0.123. The first-order chi connectivity index (χ1) is 14.4. The van der Waals surface area contributed by atoms with Gasteiger partial charge in [0.25, 0.3) is 11.8 Å². The molecule has 2 aromatic rings. The van der Waals surface area contributed by atoms with Gasteiger partial charge in [0.05, 0.1) is 10.7 Å². The normalized spacial score (nSPS) is 20.1. The molecule has 1 fully saturated rings. The Morgan fingerprint density at radius 3 is 2.57 bits per heavy atom. The van der Waals surface area contributed by atoms with E-state index >= 15 is 0 Å². The van der Waals surface area contributed by atoms with E-state index in [1.165, 1.54) is 17.1 Å². The summed E-state index contributed by atoms with van der Waals surface area (Å²) in [5, 5.41) is 11.4. The Labute approximate surface area is 176 Å². The highest BCUT2D eigenvalue weighted by molar-refractivity contribution is 6.32. The second-order valence-corrected chi connectivity index (χ2v) is 7.31. The van der Waals surface area contributed by atoms with Gasteiger partial charge in [-0.05, 0) is 42.3 Å². The van der Waals surface area contributed by atoms with Crippen LogP contribution < -0.4 is 10.2 Å². The summed E-state index contributed by atoms with van der Waals surface area (Å²) >= 11 is 5.77. The first-order valence-corrected chi connectivity index (χ1v) is 9.66. The van der Waals surface area contributed by atoms with Gasteiger partial charge in [-0.15, -0.1) is 0 Å². The zero-order valence-electron chi connectivity index (χ0n) is 15.9. The molecule has 2 aliphatic heterocycles. The number of benzene rings is 2. The van der Waals surface area contributed by atoms with Crippen molar-refractivity contribution in [2.24, 2.45) is 10.3 Å². The summed E-state index contributed by atoms with van der Waals surface area (Å²) in [6.45, 7) is 1.78. The highest BCUT2D eigenvalue weighted by atomic mass is 35.5. The van der Waals surface area contributed by atoms with Crippen molar-refractivity contribution >= 4 is 40.7 Å². The highest BCUT2D eigenvalue weighted by Gasteiger charge is 2.55. The predicted molar refractivity (Wildman–Crippen MR) is 107 cm³/mol. The minimum absolute atomic E-state index is 0.140. The van der Waals surface area contributed by atoms with Crippen LogP contribution >= 0.6 is 11.6 Å². The molecule has 2 aromatic carbocycles. The number of fused-ring (bicyclic) bond motifs is 1. The number of nitrogens with zero attached hydrogens (tertiary/aromatic N) is 4. The number of hydrogen-bond acceptors (Lipinski definition) is 6. The van der Waals surface area contributed by atoms with E-state index in [9.17, 15) is 18.8 Å². The minimum Gasteiger partial charge on any atom is -0.324 e. The fourth-order valence-electron chi connectivity index (χ4n) is 3.40. The van der Waals surface area contributed by atoms with E-state index < -0.39 is 35.6 Å². The highest BCUT2D eigenvalue weighted by Crippen LogP contribution is 2.33. The molecule has 3 amide bonds. The first-order valence-electron chi connectivity index (χ1n) is 9.28. The Kier molecular flexibility index (Phi) is 5.21. The standard InChI is InChI=1S/C20H17ClFN5O3/c1-2-11-3-5-12(6-4-11)23-16(28)10-26-18-17(24-25-26)19(29)27(20(18)30)13-7-8-15(22)14(21)9-13/h3-9,17-18H,2,10H2,1H3,(H,23,28)/t17-,18+/m0/s1. The molecule has 0 spiro atoms. The summed E-state index contributed by atoms with van der Waals surface area (Å²) < 4.78 is 13.4. The lowest BCUT2D eigenvalue weighted by atomic mass is 10.1. The molecule has 0 bridgehead atoms. The number of hydrogen-bond donors (Lipinski definition) is 1. The molecule has 30 heavy (non-hydrogen) atoms. The molecule has 0 unspecified atom stereocenters. The van der Waals surface area contributed by atoms with Crippen molar-refractivity contribution in [1.82, 2.24) is 5.01 Å². The molecule has 10 heteroatoms. The Balaban J connectivity index is 1.47. The van der Waals surface area contributed by atoms with E-state index in [0.29, 0.717) is 5.69 Å². The van der Waals surface area contributed by atoms with Crippen molar-refractivity contribution in [2.45, 2.75) is 25.4 Å². The summed E-state index contributed by atoms with van der Waals surface area (Å²) in [5.74, 6) is -2.26. The van der Waals surface area contributed by atoms with Gasteiger partial charge in [-0.2, -0.15) is 5.11 Å². The fraction of sp³-hybridized carbons (Fsp3) is 0.250. The van der Waals surface area contributed by atoms with Gasteiger partial charge in [0.15, 0.2) is 12.1 Å². The third-order valence-electron chi connectivity index (χ3n) is 4.97. The SMILES string of the molecule is CCc1ccc(NC(=O)CN2N=N[C@@H]3C(=O)N(c4ccc(F)c(Cl)c4)C(=O)[C@@H]32)cc1. The number of aryl methyl sites for hydroxylation is 1. The van der Waals surface area contributed by atoms with Crippen molar-refractivity contribution in [1.29, 1.82) is 0 Å². The smallest absolute Gasteiger partial charge is 0.263 e. The summed E-state index contributed by atoms with van der Waals surface area (Å²) in [6, 6.07) is 8.85. The van der Waals surface area contributed by atoms with Crippen LogP contribution in [-0.4, -0.2) is 41.4 Å². The van der Waals surface area contributed by atoms with Gasteiger partial charge in [-0.25, -0.2) is 9.29 Å². The van der Waals surface area contributed by atoms with Crippen LogP contribution in [0.4, 0.5) is 15.8 Å². The quantitative estimate of drug-likeness (QED) is 0.739. The van der Waals surface area contributed by atoms with Crippen LogP contribution in [0.2, 0.25) is 5.02 Å². The van der Waals surface area contributed by atoms with E-state index in [0.717, 1.165) is 23.0 Å². The van der Waals surface area contributed by atoms with Crippen molar-refractivity contribution in [2.75, 3.05) is 16.8 Å². The molecule has 1 N–H and O–H groups in total. The van der Waals surface area contributed by atoms with Gasteiger partial charge in [-0.1, -0.05) is 35.9 Å². The second kappa shape index (κ2) is 7.83. The van der Waals surface area contributed by atoms with Crippen molar-refractivity contribution in [3.63, 3.8) is 0 Å². The van der Waals surface area contributed by atoms with Crippen molar-refractivity contribution in [3.8, 4) is 0 Å². The number of nitrogens with one attached hydrogen (secondary N) is 1. The predicted octanol–water partition coefficient (Wildman–Crippen LogP) is 2.97. The summed E-state index contributed by atoms with van der Waals surface area (Å²) in [6.07, 6.45) is 0.886. The zero-order chi connectivity index (χ0) is 21.4. The van der Waals surface area contributed by atoms with Crippen LogP contribution in [-0.2, 0) is 20.8 Å². The Morgan fingerprint density at radius 2 is 1.90 bits per heavy atom. The summed E-state index contributed by atoms with van der Waals surface area (Å²) in [7, 11) is 0. The van der Waals surface area contributed by atoms with E-state index in [1.807, 2.05) is 19.1 Å². The topological polar surface area (TPSA) is 94.4 Å². The molecule has 154 valence electrons. The largest absolute Gasteiger partial charge is 0.324 e. The Hall–Kier alpha value is -3.33. The maximum absolute atomic E-state index is 13.4. The third kappa shape index (κ3) is 3.52. The number of anilines is 2. The van der Waals surface area contributed by atoms with Crippen LogP contribution in [0.1, 0.15) is 12.5 Å². The van der Waals surface area contributed by atoms with E-state index in [2.05, 4.69) is 15.7 Å². The molecule has 1 saturated heterocycles. The van der Waals surface area contributed by atoms with Gasteiger partial charge >= 0.3 is 0 Å². The minimum atomic E-state index is -1.06. The fourth-order valence-corrected chi connectivity index (χ4v) is 3.58. The molecule has 2 aliphatic rings. The lowest BCUT2D eigenvalue weighted by Gasteiger charge is -2.20. The second-order valence-electron chi connectivity index (χ2n) is 6.90. The number of carbonyl (C=O) groups excluding carboxylic acids is 3. The van der Waals surface area contributed by atoms with E-state index in [1.54, 1.807) is 12.1 Å². The molecule has 0 radical (unpaired) electrons. The first kappa shape index (κ1) is 20.0. The number of imide groups is 1. The molecule has 0 aliphatic carbocycles. The molecular formula is C20H17ClFN5O3. The molecule has 4 rings (SSSR count). The molecular weight excluding hydrogens is 413 g/mol. The van der Waals surface area contributed by atoms with Crippen molar-refractivity contribution < 1.29 is 18.8 Å². The molecule has 0 aromatic heterocycles. The van der Waals surface area contributed by atoms with Crippen molar-refractivity contribution in [3.05, 3.63) is 58.9 Å². The van der Waals surface area contributed by atoms with Crippen LogP contribution in [0.3, 0.4) is 0 Å². The van der Waals surface area contributed by atoms with Crippen LogP contribution in [0.15, 0.2) is 52.8 Å². The van der Waals surface area contributed by atoms with Gasteiger partial charge in [-0.3, -0.25) is 19.4 Å². The van der Waals surface area contributed by atoms with Crippen LogP contribution in [0.5, 0.6) is 0 Å². The molecule has 2 atom stereocenters. The zero-order valence-corrected chi connectivity index (χ0v) is 16.6. The van der Waals surface area contributed by atoms with Gasteiger partial charge in [0, 0.05) is 5.69 Å². The van der Waals surface area contributed by atoms with Gasteiger partial charge in [0.2, 0.25) is 5.91 Å². The lowest BCUT2D eigenvalue weighted by Crippen LogP contribution is -2.43. The monoisotopic (exact) mass is 429 g/mol. The number of rotatable bonds is 5.